The van der Waals surface area contributed by atoms with Crippen LogP contribution >= 0.6 is 11.6 Å². The molecule has 0 N–H and O–H groups in total. The quantitative estimate of drug-likeness (QED) is 0.729. The van der Waals surface area contributed by atoms with E-state index in [1.807, 2.05) is 42.8 Å². The van der Waals surface area contributed by atoms with Crippen LogP contribution < -0.4 is 4.74 Å². The molecule has 0 amide bonds. The second kappa shape index (κ2) is 7.09. The maximum absolute atomic E-state index is 6.10. The number of methoxy groups -OCH3 is 1. The fourth-order valence-electron chi connectivity index (χ4n) is 1.97. The summed E-state index contributed by atoms with van der Waals surface area (Å²) in [6.45, 7) is 4.65. The Morgan fingerprint density at radius 3 is 2.52 bits per heavy atom. The first-order valence-corrected chi connectivity index (χ1v) is 7.24. The largest absolute Gasteiger partial charge is 0.497 e. The first-order chi connectivity index (χ1) is 10.3. The van der Waals surface area contributed by atoms with Crippen molar-refractivity contribution in [1.82, 2.24) is 14.8 Å². The van der Waals surface area contributed by atoms with E-state index < -0.39 is 0 Å². The molecule has 0 unspecified atom stereocenters. The molecule has 0 spiro atoms. The summed E-state index contributed by atoms with van der Waals surface area (Å²) in [6.07, 6.45) is 3.44. The van der Waals surface area contributed by atoms with E-state index in [-0.39, 0.29) is 0 Å². The Bertz CT molecular complexity index is 707. The van der Waals surface area contributed by atoms with Crippen LogP contribution in [0.1, 0.15) is 19.4 Å². The molecule has 3 rings (SSSR count). The van der Waals surface area contributed by atoms with Crippen molar-refractivity contribution < 1.29 is 4.74 Å². The number of pyridine rings is 1. The molecule has 0 saturated heterocycles. The van der Waals surface area contributed by atoms with Crippen molar-refractivity contribution in [2.75, 3.05) is 7.11 Å². The van der Waals surface area contributed by atoms with Crippen LogP contribution in [0.2, 0.25) is 5.02 Å². The molecule has 1 aromatic carbocycles. The molecule has 21 heavy (non-hydrogen) atoms. The van der Waals surface area contributed by atoms with E-state index >= 15 is 0 Å². The van der Waals surface area contributed by atoms with E-state index in [0.717, 1.165) is 22.3 Å². The van der Waals surface area contributed by atoms with Crippen LogP contribution in [-0.4, -0.2) is 21.9 Å². The smallest absolute Gasteiger partial charge is 0.159 e. The summed E-state index contributed by atoms with van der Waals surface area (Å²) in [6, 6.07) is 9.65. The number of halogens is 1. The average Bonchev–Trinajstić information content (AvgIpc) is 2.95. The molecular formula is C16H18ClN3O. The fraction of sp³-hybridized carbons (Fsp3) is 0.250. The van der Waals surface area contributed by atoms with Crippen molar-refractivity contribution in [3.8, 4) is 5.75 Å². The summed E-state index contributed by atoms with van der Waals surface area (Å²) in [7, 11) is 1.65. The Balaban J connectivity index is 0.000000774. The van der Waals surface area contributed by atoms with E-state index in [1.54, 1.807) is 25.6 Å². The molecule has 3 aromatic rings. The monoisotopic (exact) mass is 303 g/mol. The summed E-state index contributed by atoms with van der Waals surface area (Å²) in [4.78, 5) is 4.32. The number of fused-ring (bicyclic) bond motifs is 1. The van der Waals surface area contributed by atoms with Crippen molar-refractivity contribution in [3.63, 3.8) is 0 Å². The van der Waals surface area contributed by atoms with Gasteiger partial charge in [-0.15, -0.1) is 0 Å². The highest BCUT2D eigenvalue weighted by Crippen LogP contribution is 2.21. The zero-order chi connectivity index (χ0) is 15.2. The molecule has 2 heterocycles. The first-order valence-electron chi connectivity index (χ1n) is 6.87. The third kappa shape index (κ3) is 3.34. The van der Waals surface area contributed by atoms with Gasteiger partial charge in [0.25, 0.3) is 0 Å². The lowest BCUT2D eigenvalue weighted by atomic mass is 10.2. The van der Waals surface area contributed by atoms with E-state index in [2.05, 4.69) is 10.1 Å². The Morgan fingerprint density at radius 2 is 1.86 bits per heavy atom. The predicted molar refractivity (Wildman–Crippen MR) is 86.0 cm³/mol. The highest BCUT2D eigenvalue weighted by molar-refractivity contribution is 6.35. The molecule has 0 aliphatic carbocycles. The summed E-state index contributed by atoms with van der Waals surface area (Å²) in [5.41, 5.74) is 1.93. The second-order valence-electron chi connectivity index (χ2n) is 4.18. The third-order valence-corrected chi connectivity index (χ3v) is 3.31. The van der Waals surface area contributed by atoms with E-state index in [9.17, 15) is 0 Å². The lowest BCUT2D eigenvalue weighted by molar-refractivity contribution is 0.414. The molecule has 110 valence electrons. The molecule has 0 aliphatic heterocycles. The maximum atomic E-state index is 6.10. The van der Waals surface area contributed by atoms with Gasteiger partial charge in [-0.3, -0.25) is 0 Å². The molecule has 0 bridgehead atoms. The molecule has 0 radical (unpaired) electrons. The molecule has 2 aromatic heterocycles. The predicted octanol–water partition coefficient (Wildman–Crippen LogP) is 4.17. The van der Waals surface area contributed by atoms with Crippen molar-refractivity contribution in [1.29, 1.82) is 0 Å². The second-order valence-corrected chi connectivity index (χ2v) is 4.59. The lowest BCUT2D eigenvalue weighted by Gasteiger charge is -2.05. The summed E-state index contributed by atoms with van der Waals surface area (Å²) < 4.78 is 6.97. The number of hydrogen-bond donors (Lipinski definition) is 0. The topological polar surface area (TPSA) is 39.9 Å². The van der Waals surface area contributed by atoms with Gasteiger partial charge in [0.1, 0.15) is 5.75 Å². The zero-order valence-electron chi connectivity index (χ0n) is 12.4. The van der Waals surface area contributed by atoms with Gasteiger partial charge < -0.3 is 4.74 Å². The fourth-order valence-corrected chi connectivity index (χ4v) is 2.16. The van der Waals surface area contributed by atoms with Crippen LogP contribution in [-0.2, 0) is 6.54 Å². The Morgan fingerprint density at radius 1 is 1.14 bits per heavy atom. The van der Waals surface area contributed by atoms with E-state index in [1.165, 1.54) is 0 Å². The van der Waals surface area contributed by atoms with Gasteiger partial charge in [-0.25, -0.2) is 9.67 Å². The number of ether oxygens (including phenoxy) is 1. The van der Waals surface area contributed by atoms with Crippen LogP contribution in [0.25, 0.3) is 11.0 Å². The lowest BCUT2D eigenvalue weighted by Crippen LogP contribution is -2.02. The normalized spacial score (nSPS) is 10.1. The van der Waals surface area contributed by atoms with Crippen LogP contribution in [0.5, 0.6) is 5.75 Å². The number of aromatic nitrogens is 3. The molecule has 0 atom stereocenters. The van der Waals surface area contributed by atoms with E-state index in [4.69, 9.17) is 16.3 Å². The van der Waals surface area contributed by atoms with Crippen molar-refractivity contribution in [2.24, 2.45) is 0 Å². The zero-order valence-corrected chi connectivity index (χ0v) is 13.1. The molecule has 4 nitrogen and oxygen atoms in total. The number of benzene rings is 1. The van der Waals surface area contributed by atoms with Gasteiger partial charge in [-0.2, -0.15) is 5.10 Å². The number of rotatable bonds is 3. The maximum Gasteiger partial charge on any atom is 0.159 e. The van der Waals surface area contributed by atoms with Gasteiger partial charge in [0, 0.05) is 6.20 Å². The van der Waals surface area contributed by atoms with Gasteiger partial charge in [-0.1, -0.05) is 37.6 Å². The van der Waals surface area contributed by atoms with Gasteiger partial charge in [0.2, 0.25) is 0 Å². The minimum absolute atomic E-state index is 0.654. The molecule has 0 fully saturated rings. The Hall–Kier alpha value is -2.07. The molecule has 0 aliphatic rings. The average molecular weight is 304 g/mol. The van der Waals surface area contributed by atoms with Crippen molar-refractivity contribution in [2.45, 2.75) is 20.4 Å². The molecule has 0 saturated carbocycles. The van der Waals surface area contributed by atoms with Gasteiger partial charge in [0.05, 0.1) is 30.3 Å². The highest BCUT2D eigenvalue weighted by atomic mass is 35.5. The summed E-state index contributed by atoms with van der Waals surface area (Å²) in [5.74, 6) is 0.843. The minimum atomic E-state index is 0.654. The van der Waals surface area contributed by atoms with Gasteiger partial charge >= 0.3 is 0 Å². The van der Waals surface area contributed by atoms with Gasteiger partial charge in [-0.05, 0) is 23.8 Å². The summed E-state index contributed by atoms with van der Waals surface area (Å²) in [5, 5.41) is 5.88. The SMILES string of the molecule is CC.COc1ccc(Cn2ncc3c(Cl)ccnc32)cc1. The Kier molecular flexibility index (Phi) is 5.17. The number of hydrogen-bond acceptors (Lipinski definition) is 3. The summed E-state index contributed by atoms with van der Waals surface area (Å²) >= 11 is 6.10. The van der Waals surface area contributed by atoms with Crippen LogP contribution in [0.4, 0.5) is 0 Å². The van der Waals surface area contributed by atoms with Crippen LogP contribution in [0.15, 0.2) is 42.7 Å². The molecular weight excluding hydrogens is 286 g/mol. The van der Waals surface area contributed by atoms with Crippen molar-refractivity contribution in [3.05, 3.63) is 53.3 Å². The van der Waals surface area contributed by atoms with Gasteiger partial charge in [0.15, 0.2) is 5.65 Å². The minimum Gasteiger partial charge on any atom is -0.497 e. The van der Waals surface area contributed by atoms with Crippen LogP contribution in [0.3, 0.4) is 0 Å². The highest BCUT2D eigenvalue weighted by Gasteiger charge is 2.07. The van der Waals surface area contributed by atoms with Crippen LogP contribution in [0, 0.1) is 0 Å². The van der Waals surface area contributed by atoms with E-state index in [0.29, 0.717) is 11.6 Å². The Labute approximate surface area is 129 Å². The standard InChI is InChI=1S/C14H12ClN3O.C2H6/c1-19-11-4-2-10(3-5-11)9-18-14-12(8-17-18)13(15)6-7-16-14;1-2/h2-8H,9H2,1H3;1-2H3. The third-order valence-electron chi connectivity index (χ3n) is 2.98. The first kappa shape index (κ1) is 15.3. The van der Waals surface area contributed by atoms with Crippen molar-refractivity contribution >= 4 is 22.6 Å². The number of nitrogens with zero attached hydrogens (tertiary/aromatic N) is 3. The molecule has 5 heteroatoms.